The number of aromatic nitrogens is 3. The van der Waals surface area contributed by atoms with Gasteiger partial charge in [-0.2, -0.15) is 13.2 Å². The van der Waals surface area contributed by atoms with Gasteiger partial charge in [0.15, 0.2) is 5.82 Å². The van der Waals surface area contributed by atoms with Crippen LogP contribution in [0.25, 0.3) is 17.1 Å². The summed E-state index contributed by atoms with van der Waals surface area (Å²) in [6.07, 6.45) is -1.48. The molecule has 38 heavy (non-hydrogen) atoms. The molecule has 8 nitrogen and oxygen atoms in total. The third kappa shape index (κ3) is 6.27. The summed E-state index contributed by atoms with van der Waals surface area (Å²) in [5.74, 6) is -1.29. The Morgan fingerprint density at radius 1 is 1.08 bits per heavy atom. The molecule has 3 N–H and O–H groups in total. The third-order valence-corrected chi connectivity index (χ3v) is 6.88. The highest BCUT2D eigenvalue weighted by Gasteiger charge is 2.30. The monoisotopic (exact) mass is 531 g/mol. The molecule has 2 heterocycles. The zero-order valence-corrected chi connectivity index (χ0v) is 21.6. The molecule has 0 radical (unpaired) electrons. The number of phenols is 2. The van der Waals surface area contributed by atoms with Crippen LogP contribution in [-0.2, 0) is 6.42 Å². The second kappa shape index (κ2) is 11.0. The Hall–Kier alpha value is -3.60. The number of nitrogens with zero attached hydrogens (tertiary/aromatic N) is 4. The zero-order chi connectivity index (χ0) is 27.6. The molecule has 0 spiro atoms. The van der Waals surface area contributed by atoms with Crippen molar-refractivity contribution in [2.24, 2.45) is 5.92 Å². The average molecular weight is 532 g/mol. The molecule has 204 valence electrons. The second-order valence-electron chi connectivity index (χ2n) is 10.2. The predicted molar refractivity (Wildman–Crippen MR) is 137 cm³/mol. The molecule has 3 aromatic rings. The van der Waals surface area contributed by atoms with Gasteiger partial charge in [-0.3, -0.25) is 9.36 Å². The van der Waals surface area contributed by atoms with E-state index in [9.17, 15) is 28.2 Å². The molecular weight excluding hydrogens is 499 g/mol. The Morgan fingerprint density at radius 2 is 1.74 bits per heavy atom. The van der Waals surface area contributed by atoms with Crippen molar-refractivity contribution in [3.05, 3.63) is 53.3 Å². The van der Waals surface area contributed by atoms with Gasteiger partial charge in [0.1, 0.15) is 18.0 Å². The fraction of sp³-hybridized carbons (Fsp3) is 0.444. The highest BCUT2D eigenvalue weighted by molar-refractivity contribution is 5.92. The van der Waals surface area contributed by atoms with Gasteiger partial charge in [-0.25, -0.2) is 0 Å². The molecule has 1 fully saturated rings. The van der Waals surface area contributed by atoms with Crippen molar-refractivity contribution in [1.82, 2.24) is 25.0 Å². The molecule has 0 bridgehead atoms. The van der Waals surface area contributed by atoms with Crippen LogP contribution in [0, 0.1) is 5.92 Å². The molecular formula is C27H32F3N5O3. The van der Waals surface area contributed by atoms with Gasteiger partial charge >= 0.3 is 6.18 Å². The van der Waals surface area contributed by atoms with Crippen molar-refractivity contribution < 1.29 is 28.2 Å². The highest BCUT2D eigenvalue weighted by atomic mass is 19.4. The van der Waals surface area contributed by atoms with Crippen molar-refractivity contribution in [2.75, 3.05) is 26.7 Å². The van der Waals surface area contributed by atoms with E-state index in [1.165, 1.54) is 10.6 Å². The van der Waals surface area contributed by atoms with Crippen LogP contribution in [0.15, 0.2) is 36.4 Å². The van der Waals surface area contributed by atoms with Crippen molar-refractivity contribution >= 4 is 5.91 Å². The number of hydrogen-bond acceptors (Lipinski definition) is 6. The summed E-state index contributed by atoms with van der Waals surface area (Å²) < 4.78 is 39.7. The lowest BCUT2D eigenvalue weighted by molar-refractivity contribution is -0.123. The van der Waals surface area contributed by atoms with Crippen LogP contribution in [-0.4, -0.2) is 68.6 Å². The van der Waals surface area contributed by atoms with Gasteiger partial charge in [0.2, 0.25) is 5.82 Å². The standard InChI is InChI=1S/C27H32F3N5O3/c1-16(2)20-13-21(23(37)14-22(20)36)24-32-33-25(26(38)31-15-27(28,29)30)35(24)19-6-4-17(5-7-19)12-18-8-10-34(3)11-9-18/h4-7,13-14,16,18,36-37H,8-12,15H2,1-3H3,(H,31,38). The SMILES string of the molecule is CC(C)c1cc(-c2nnc(C(=O)NCC(F)(F)F)n2-c2ccc(CC3CCN(C)CC3)cc2)c(O)cc1O. The van der Waals surface area contributed by atoms with Crippen LogP contribution in [0.5, 0.6) is 11.5 Å². The third-order valence-electron chi connectivity index (χ3n) is 6.88. The van der Waals surface area contributed by atoms with Gasteiger partial charge < -0.3 is 20.4 Å². The number of phenolic OH excluding ortho intramolecular Hbond substituents is 2. The minimum atomic E-state index is -4.60. The highest BCUT2D eigenvalue weighted by Crippen LogP contribution is 2.38. The van der Waals surface area contributed by atoms with E-state index in [1.54, 1.807) is 18.2 Å². The number of carbonyl (C=O) groups excluding carboxylic acids is 1. The van der Waals surface area contributed by atoms with Crippen LogP contribution >= 0.6 is 0 Å². The summed E-state index contributed by atoms with van der Waals surface area (Å²) in [6.45, 7) is 4.31. The Labute approximate surface area is 219 Å². The van der Waals surface area contributed by atoms with Crippen LogP contribution in [0.2, 0.25) is 0 Å². The summed E-state index contributed by atoms with van der Waals surface area (Å²) in [5, 5.41) is 30.7. The molecule has 1 aliphatic rings. The average Bonchev–Trinajstić information content (AvgIpc) is 3.29. The first kappa shape index (κ1) is 27.4. The summed E-state index contributed by atoms with van der Waals surface area (Å²) >= 11 is 0. The lowest BCUT2D eigenvalue weighted by atomic mass is 9.90. The van der Waals surface area contributed by atoms with Crippen molar-refractivity contribution in [1.29, 1.82) is 0 Å². The fourth-order valence-corrected chi connectivity index (χ4v) is 4.73. The summed E-state index contributed by atoms with van der Waals surface area (Å²) in [6, 6.07) is 10.1. The first-order chi connectivity index (χ1) is 17.9. The Bertz CT molecular complexity index is 1280. The number of likely N-dealkylation sites (tertiary alicyclic amines) is 1. The normalized spacial score (nSPS) is 15.2. The molecule has 1 amide bonds. The number of hydrogen-bond donors (Lipinski definition) is 3. The van der Waals surface area contributed by atoms with Gasteiger partial charge in [0, 0.05) is 11.8 Å². The molecule has 0 atom stereocenters. The minimum Gasteiger partial charge on any atom is -0.508 e. The van der Waals surface area contributed by atoms with E-state index in [2.05, 4.69) is 22.1 Å². The Morgan fingerprint density at radius 3 is 2.34 bits per heavy atom. The van der Waals surface area contributed by atoms with Crippen LogP contribution in [0.3, 0.4) is 0 Å². The largest absolute Gasteiger partial charge is 0.508 e. The first-order valence-electron chi connectivity index (χ1n) is 12.6. The Balaban J connectivity index is 1.73. The van der Waals surface area contributed by atoms with E-state index >= 15 is 0 Å². The quantitative estimate of drug-likeness (QED) is 0.410. The zero-order valence-electron chi connectivity index (χ0n) is 21.6. The molecule has 0 aliphatic carbocycles. The maximum atomic E-state index is 12.8. The molecule has 1 aromatic heterocycles. The number of benzene rings is 2. The van der Waals surface area contributed by atoms with Crippen molar-refractivity contribution in [2.45, 2.75) is 45.2 Å². The number of aromatic hydroxyl groups is 2. The maximum Gasteiger partial charge on any atom is 0.405 e. The van der Waals surface area contributed by atoms with Crippen molar-refractivity contribution in [3.63, 3.8) is 0 Å². The molecule has 1 aliphatic heterocycles. The van der Waals surface area contributed by atoms with Gasteiger partial charge in [-0.15, -0.1) is 10.2 Å². The molecule has 11 heteroatoms. The van der Waals surface area contributed by atoms with E-state index in [0.29, 0.717) is 17.2 Å². The Kier molecular flexibility index (Phi) is 7.96. The molecule has 2 aromatic carbocycles. The summed E-state index contributed by atoms with van der Waals surface area (Å²) in [4.78, 5) is 15.1. The van der Waals surface area contributed by atoms with E-state index in [1.807, 2.05) is 31.3 Å². The molecule has 0 unspecified atom stereocenters. The summed E-state index contributed by atoms with van der Waals surface area (Å²) in [7, 11) is 2.11. The van der Waals surface area contributed by atoms with Crippen LogP contribution < -0.4 is 5.32 Å². The smallest absolute Gasteiger partial charge is 0.405 e. The minimum absolute atomic E-state index is 0.0598. The maximum absolute atomic E-state index is 12.8. The number of nitrogens with one attached hydrogen (secondary N) is 1. The lowest BCUT2D eigenvalue weighted by Crippen LogP contribution is -2.35. The number of rotatable bonds is 7. The van der Waals surface area contributed by atoms with E-state index in [0.717, 1.165) is 37.9 Å². The number of alkyl halides is 3. The number of amides is 1. The summed E-state index contributed by atoms with van der Waals surface area (Å²) in [5.41, 5.74) is 2.27. The number of carbonyl (C=O) groups is 1. The predicted octanol–water partition coefficient (Wildman–Crippen LogP) is 4.65. The van der Waals surface area contributed by atoms with E-state index < -0.39 is 18.6 Å². The van der Waals surface area contributed by atoms with Gasteiger partial charge in [-0.05, 0) is 80.6 Å². The van der Waals surface area contributed by atoms with Crippen molar-refractivity contribution in [3.8, 4) is 28.6 Å². The number of piperidine rings is 1. The number of halogens is 3. The van der Waals surface area contributed by atoms with Crippen LogP contribution in [0.4, 0.5) is 13.2 Å². The molecule has 1 saturated heterocycles. The second-order valence-corrected chi connectivity index (χ2v) is 10.2. The first-order valence-corrected chi connectivity index (χ1v) is 12.6. The van der Waals surface area contributed by atoms with Gasteiger partial charge in [0.25, 0.3) is 5.91 Å². The van der Waals surface area contributed by atoms with Crippen LogP contribution in [0.1, 0.15) is 54.4 Å². The molecule has 0 saturated carbocycles. The van der Waals surface area contributed by atoms with Gasteiger partial charge in [-0.1, -0.05) is 26.0 Å². The van der Waals surface area contributed by atoms with Gasteiger partial charge in [0.05, 0.1) is 5.56 Å². The van der Waals surface area contributed by atoms with E-state index in [-0.39, 0.29) is 34.6 Å². The topological polar surface area (TPSA) is 104 Å². The molecule has 4 rings (SSSR count). The lowest BCUT2D eigenvalue weighted by Gasteiger charge is -2.29. The van der Waals surface area contributed by atoms with E-state index in [4.69, 9.17) is 0 Å². The fourth-order valence-electron chi connectivity index (χ4n) is 4.73.